The topological polar surface area (TPSA) is 107 Å². The zero-order valence-corrected chi connectivity index (χ0v) is 18.2. The van der Waals surface area contributed by atoms with E-state index in [1.807, 2.05) is 73.9 Å². The molecule has 3 heterocycles. The summed E-state index contributed by atoms with van der Waals surface area (Å²) in [6, 6.07) is 22.0. The van der Waals surface area contributed by atoms with Crippen molar-refractivity contribution >= 4 is 28.4 Å². The standard InChI is InChI=1S/C25H24N8/c1-33-15-11-21(32-33)28-13-14-29-25-24(26)30-22(17-6-3-2-4-7-17)23(31-25)19-9-10-20-18(16-19)8-5-12-27-20/h2-12,15-16H,13-14H2,1H3,(H2,26,30)(H,28,32)(H,29,31). The lowest BCUT2D eigenvalue weighted by atomic mass is 10.0. The Balaban J connectivity index is 1.47. The van der Waals surface area contributed by atoms with Gasteiger partial charge in [-0.05, 0) is 18.2 Å². The normalized spacial score (nSPS) is 10.9. The zero-order valence-electron chi connectivity index (χ0n) is 18.2. The zero-order chi connectivity index (χ0) is 22.6. The monoisotopic (exact) mass is 436 g/mol. The fraction of sp³-hybridized carbons (Fsp3) is 0.120. The van der Waals surface area contributed by atoms with E-state index in [0.29, 0.717) is 24.7 Å². The number of fused-ring (bicyclic) bond motifs is 1. The summed E-state index contributed by atoms with van der Waals surface area (Å²) in [6.45, 7) is 1.27. The molecule has 0 saturated carbocycles. The van der Waals surface area contributed by atoms with E-state index in [9.17, 15) is 0 Å². The Morgan fingerprint density at radius 3 is 2.48 bits per heavy atom. The second-order valence-electron chi connectivity index (χ2n) is 7.66. The summed E-state index contributed by atoms with van der Waals surface area (Å²) in [4.78, 5) is 14.1. The number of nitrogen functional groups attached to an aromatic ring is 1. The minimum absolute atomic E-state index is 0.359. The Bertz CT molecular complexity index is 1390. The quantitative estimate of drug-likeness (QED) is 0.328. The third-order valence-electron chi connectivity index (χ3n) is 5.28. The van der Waals surface area contributed by atoms with E-state index in [0.717, 1.165) is 39.2 Å². The molecule has 3 aromatic heterocycles. The number of hydrogen-bond acceptors (Lipinski definition) is 7. The molecule has 2 aromatic carbocycles. The van der Waals surface area contributed by atoms with Gasteiger partial charge in [0.25, 0.3) is 0 Å². The molecule has 0 aliphatic heterocycles. The molecule has 164 valence electrons. The van der Waals surface area contributed by atoms with E-state index in [2.05, 4.69) is 26.8 Å². The van der Waals surface area contributed by atoms with Crippen molar-refractivity contribution in [2.75, 3.05) is 29.5 Å². The molecule has 0 bridgehead atoms. The van der Waals surface area contributed by atoms with Crippen molar-refractivity contribution in [3.05, 3.63) is 79.1 Å². The van der Waals surface area contributed by atoms with Crippen molar-refractivity contribution in [1.29, 1.82) is 0 Å². The van der Waals surface area contributed by atoms with Crippen molar-refractivity contribution in [1.82, 2.24) is 24.7 Å². The number of nitrogens with two attached hydrogens (primary N) is 1. The van der Waals surface area contributed by atoms with Crippen LogP contribution in [0.15, 0.2) is 79.1 Å². The Morgan fingerprint density at radius 2 is 1.67 bits per heavy atom. The average Bonchev–Trinajstić information content (AvgIpc) is 3.27. The first-order chi connectivity index (χ1) is 16.2. The molecule has 0 atom stereocenters. The van der Waals surface area contributed by atoms with Gasteiger partial charge in [0.2, 0.25) is 0 Å². The van der Waals surface area contributed by atoms with Crippen LogP contribution in [0.1, 0.15) is 0 Å². The maximum atomic E-state index is 6.31. The molecule has 33 heavy (non-hydrogen) atoms. The van der Waals surface area contributed by atoms with Gasteiger partial charge in [-0.1, -0.05) is 42.5 Å². The maximum Gasteiger partial charge on any atom is 0.169 e. The summed E-state index contributed by atoms with van der Waals surface area (Å²) in [5.41, 5.74) is 10.7. The summed E-state index contributed by atoms with van der Waals surface area (Å²) >= 11 is 0. The first-order valence-electron chi connectivity index (χ1n) is 10.7. The van der Waals surface area contributed by atoms with Crippen molar-refractivity contribution in [2.45, 2.75) is 0 Å². The highest BCUT2D eigenvalue weighted by molar-refractivity contribution is 5.88. The second kappa shape index (κ2) is 8.96. The van der Waals surface area contributed by atoms with Crippen LogP contribution in [0.4, 0.5) is 17.5 Å². The van der Waals surface area contributed by atoms with Crippen molar-refractivity contribution in [2.24, 2.45) is 7.05 Å². The molecule has 8 nitrogen and oxygen atoms in total. The van der Waals surface area contributed by atoms with Gasteiger partial charge < -0.3 is 16.4 Å². The summed E-state index contributed by atoms with van der Waals surface area (Å²) in [6.07, 6.45) is 3.69. The molecule has 0 fully saturated rings. The van der Waals surface area contributed by atoms with Crippen LogP contribution in [0.3, 0.4) is 0 Å². The first-order valence-corrected chi connectivity index (χ1v) is 10.7. The molecular formula is C25H24N8. The summed E-state index contributed by atoms with van der Waals surface area (Å²) in [7, 11) is 1.89. The smallest absolute Gasteiger partial charge is 0.169 e. The number of nitrogens with zero attached hydrogens (tertiary/aromatic N) is 5. The lowest BCUT2D eigenvalue weighted by Crippen LogP contribution is -2.16. The molecule has 4 N–H and O–H groups in total. The Hall–Kier alpha value is -4.46. The third kappa shape index (κ3) is 4.45. The number of aryl methyl sites for hydroxylation is 1. The summed E-state index contributed by atoms with van der Waals surface area (Å²) < 4.78 is 1.76. The van der Waals surface area contributed by atoms with Gasteiger partial charge in [-0.25, -0.2) is 9.97 Å². The van der Waals surface area contributed by atoms with Crippen LogP contribution in [-0.4, -0.2) is 37.8 Å². The lowest BCUT2D eigenvalue weighted by molar-refractivity contribution is 0.768. The van der Waals surface area contributed by atoms with Crippen molar-refractivity contribution in [3.8, 4) is 22.5 Å². The Kier molecular flexibility index (Phi) is 5.55. The van der Waals surface area contributed by atoms with E-state index in [4.69, 9.17) is 15.7 Å². The number of nitrogens with one attached hydrogen (secondary N) is 2. The number of anilines is 3. The number of rotatable bonds is 7. The highest BCUT2D eigenvalue weighted by atomic mass is 15.3. The third-order valence-corrected chi connectivity index (χ3v) is 5.28. The number of hydrogen-bond donors (Lipinski definition) is 3. The van der Waals surface area contributed by atoms with Gasteiger partial charge in [0.1, 0.15) is 5.82 Å². The van der Waals surface area contributed by atoms with E-state index in [1.54, 1.807) is 10.9 Å². The van der Waals surface area contributed by atoms with Crippen LogP contribution in [0.5, 0.6) is 0 Å². The predicted molar refractivity (Wildman–Crippen MR) is 133 cm³/mol. The molecule has 0 spiro atoms. The number of aromatic nitrogens is 5. The van der Waals surface area contributed by atoms with Crippen LogP contribution in [0.25, 0.3) is 33.4 Å². The minimum atomic E-state index is 0.359. The lowest BCUT2D eigenvalue weighted by Gasteiger charge is -2.15. The summed E-state index contributed by atoms with van der Waals surface area (Å²) in [5, 5.41) is 11.9. The van der Waals surface area contributed by atoms with Crippen LogP contribution in [0, 0.1) is 0 Å². The largest absolute Gasteiger partial charge is 0.381 e. The SMILES string of the molecule is Cn1ccc(NCCNc2nc(-c3ccc4ncccc4c3)c(-c3ccccc3)nc2N)n1. The van der Waals surface area contributed by atoms with Crippen LogP contribution in [0.2, 0.25) is 0 Å². The van der Waals surface area contributed by atoms with Crippen molar-refractivity contribution in [3.63, 3.8) is 0 Å². The predicted octanol–water partition coefficient (Wildman–Crippen LogP) is 4.20. The minimum Gasteiger partial charge on any atom is -0.381 e. The molecule has 8 heteroatoms. The van der Waals surface area contributed by atoms with Crippen LogP contribution < -0.4 is 16.4 Å². The second-order valence-corrected chi connectivity index (χ2v) is 7.66. The van der Waals surface area contributed by atoms with Crippen LogP contribution in [-0.2, 0) is 7.05 Å². The van der Waals surface area contributed by atoms with Gasteiger partial charge >= 0.3 is 0 Å². The molecule has 0 amide bonds. The molecule has 5 rings (SSSR count). The van der Waals surface area contributed by atoms with Crippen LogP contribution >= 0.6 is 0 Å². The Morgan fingerprint density at radius 1 is 0.848 bits per heavy atom. The molecule has 0 aliphatic carbocycles. The fourth-order valence-corrected chi connectivity index (χ4v) is 3.68. The number of benzene rings is 2. The molecule has 0 unspecified atom stereocenters. The summed E-state index contributed by atoms with van der Waals surface area (Å²) in [5.74, 6) is 1.74. The fourth-order valence-electron chi connectivity index (χ4n) is 3.68. The molecule has 0 saturated heterocycles. The van der Waals surface area contributed by atoms with Gasteiger partial charge in [0.05, 0.1) is 16.9 Å². The highest BCUT2D eigenvalue weighted by Gasteiger charge is 2.16. The van der Waals surface area contributed by atoms with Gasteiger partial charge in [-0.2, -0.15) is 5.10 Å². The van der Waals surface area contributed by atoms with E-state index >= 15 is 0 Å². The highest BCUT2D eigenvalue weighted by Crippen LogP contribution is 2.33. The first kappa shape index (κ1) is 20.4. The molecule has 0 radical (unpaired) electrons. The molecule has 5 aromatic rings. The van der Waals surface area contributed by atoms with Gasteiger partial charge in [-0.15, -0.1) is 0 Å². The molecular weight excluding hydrogens is 412 g/mol. The van der Waals surface area contributed by atoms with Gasteiger partial charge in [-0.3, -0.25) is 9.67 Å². The van der Waals surface area contributed by atoms with Crippen molar-refractivity contribution < 1.29 is 0 Å². The van der Waals surface area contributed by atoms with E-state index in [-0.39, 0.29) is 0 Å². The Labute approximate surface area is 191 Å². The van der Waals surface area contributed by atoms with E-state index < -0.39 is 0 Å². The maximum absolute atomic E-state index is 6.31. The van der Waals surface area contributed by atoms with Gasteiger partial charge in [0.15, 0.2) is 11.6 Å². The molecule has 0 aliphatic rings. The number of pyridine rings is 1. The average molecular weight is 437 g/mol. The van der Waals surface area contributed by atoms with Gasteiger partial charge in [0, 0.05) is 55.1 Å². The van der Waals surface area contributed by atoms with E-state index in [1.165, 1.54) is 0 Å².